The Kier molecular flexibility index (Phi) is 7.86. The van der Waals surface area contributed by atoms with Crippen molar-refractivity contribution in [3.63, 3.8) is 0 Å². The zero-order valence-corrected chi connectivity index (χ0v) is 21.8. The first kappa shape index (κ1) is 25.0. The van der Waals surface area contributed by atoms with Gasteiger partial charge in [-0.05, 0) is 103 Å². The summed E-state index contributed by atoms with van der Waals surface area (Å²) in [5.41, 5.74) is 4.46. The van der Waals surface area contributed by atoms with E-state index >= 15 is 0 Å². The Morgan fingerprint density at radius 2 is 1.57 bits per heavy atom. The molecule has 4 nitrogen and oxygen atoms in total. The second-order valence-corrected chi connectivity index (χ2v) is 10.3. The van der Waals surface area contributed by atoms with Crippen molar-refractivity contribution in [2.75, 3.05) is 20.2 Å². The number of benzene rings is 4. The Hall–Kier alpha value is -3.63. The number of likely N-dealkylation sites (tertiary alicyclic amines) is 1. The molecule has 37 heavy (non-hydrogen) atoms. The summed E-state index contributed by atoms with van der Waals surface area (Å²) in [6.07, 6.45) is 3.51. The zero-order valence-electron chi connectivity index (χ0n) is 21.8. The van der Waals surface area contributed by atoms with E-state index in [0.29, 0.717) is 11.5 Å². The average molecular weight is 493 g/mol. The van der Waals surface area contributed by atoms with Gasteiger partial charge in [-0.15, -0.1) is 0 Å². The van der Waals surface area contributed by atoms with E-state index in [-0.39, 0.29) is 11.9 Å². The fraction of sp³-hybridized carbons (Fsp3) is 0.303. The van der Waals surface area contributed by atoms with Gasteiger partial charge in [-0.25, -0.2) is 0 Å². The van der Waals surface area contributed by atoms with Crippen LogP contribution in [0.25, 0.3) is 10.8 Å². The lowest BCUT2D eigenvalue weighted by molar-refractivity contribution is 0.0940. The van der Waals surface area contributed by atoms with E-state index in [0.717, 1.165) is 37.4 Å². The Labute approximate surface area is 220 Å². The molecule has 1 atom stereocenters. The third-order valence-electron chi connectivity index (χ3n) is 7.63. The number of nitrogens with one attached hydrogen (secondary N) is 1. The lowest BCUT2D eigenvalue weighted by Gasteiger charge is -2.32. The summed E-state index contributed by atoms with van der Waals surface area (Å²) < 4.78 is 5.22. The van der Waals surface area contributed by atoms with Gasteiger partial charge in [0, 0.05) is 12.1 Å². The van der Waals surface area contributed by atoms with Crippen LogP contribution >= 0.6 is 0 Å². The molecule has 4 aromatic carbocycles. The topological polar surface area (TPSA) is 41.6 Å². The van der Waals surface area contributed by atoms with Crippen molar-refractivity contribution in [3.8, 4) is 5.75 Å². The van der Waals surface area contributed by atoms with E-state index in [1.165, 1.54) is 34.7 Å². The van der Waals surface area contributed by atoms with Gasteiger partial charge in [-0.1, -0.05) is 60.7 Å². The molecule has 1 N–H and O–H groups in total. The molecule has 0 aliphatic carbocycles. The van der Waals surface area contributed by atoms with E-state index in [9.17, 15) is 4.79 Å². The summed E-state index contributed by atoms with van der Waals surface area (Å²) in [5.74, 6) is 1.47. The minimum Gasteiger partial charge on any atom is -0.497 e. The molecule has 0 spiro atoms. The van der Waals surface area contributed by atoms with Crippen LogP contribution in [0.4, 0.5) is 0 Å². The number of rotatable bonds is 8. The molecule has 0 saturated carbocycles. The third kappa shape index (κ3) is 6.39. The first-order valence-corrected chi connectivity index (χ1v) is 13.3. The highest BCUT2D eigenvalue weighted by molar-refractivity contribution is 5.94. The van der Waals surface area contributed by atoms with Gasteiger partial charge in [0.2, 0.25) is 0 Å². The van der Waals surface area contributed by atoms with Crippen molar-refractivity contribution in [2.24, 2.45) is 5.92 Å². The summed E-state index contributed by atoms with van der Waals surface area (Å²) in [6, 6.07) is 31.3. The second-order valence-electron chi connectivity index (χ2n) is 10.3. The number of ether oxygens (including phenoxy) is 1. The predicted molar refractivity (Wildman–Crippen MR) is 151 cm³/mol. The third-order valence-corrected chi connectivity index (χ3v) is 7.63. The summed E-state index contributed by atoms with van der Waals surface area (Å²) >= 11 is 0. The van der Waals surface area contributed by atoms with Crippen molar-refractivity contribution in [1.29, 1.82) is 0 Å². The van der Waals surface area contributed by atoms with Gasteiger partial charge in [-0.3, -0.25) is 9.69 Å². The minimum absolute atomic E-state index is 0.0446. The standard InChI is InChI=1S/C33H36N2O2/c1-24(28-13-15-32(37-2)16-14-28)34-33(36)30-11-7-25(8-12-30)21-26-17-19-35(20-18-26)23-27-9-10-29-5-3-4-6-31(29)22-27/h3-16,22,24,26H,17-21,23H2,1-2H3,(H,34,36)/t24-/m1/s1. The molecule has 0 radical (unpaired) electrons. The fourth-order valence-electron chi connectivity index (χ4n) is 5.33. The summed E-state index contributed by atoms with van der Waals surface area (Å²) in [6.45, 7) is 5.30. The molecule has 1 heterocycles. The van der Waals surface area contributed by atoms with Crippen LogP contribution in [0.1, 0.15) is 52.9 Å². The molecule has 5 rings (SSSR count). The largest absolute Gasteiger partial charge is 0.497 e. The van der Waals surface area contributed by atoms with Crippen LogP contribution < -0.4 is 10.1 Å². The Morgan fingerprint density at radius 1 is 0.892 bits per heavy atom. The van der Waals surface area contributed by atoms with Crippen molar-refractivity contribution >= 4 is 16.7 Å². The second kappa shape index (κ2) is 11.6. The van der Waals surface area contributed by atoms with Gasteiger partial charge in [0.15, 0.2) is 0 Å². The lowest BCUT2D eigenvalue weighted by Crippen LogP contribution is -2.33. The molecular formula is C33H36N2O2. The first-order valence-electron chi connectivity index (χ1n) is 13.3. The van der Waals surface area contributed by atoms with Crippen LogP contribution in [0.15, 0.2) is 91.0 Å². The van der Waals surface area contributed by atoms with Gasteiger partial charge in [0.25, 0.3) is 5.91 Å². The SMILES string of the molecule is COc1ccc([C@@H](C)NC(=O)c2ccc(CC3CCN(Cc4ccc5ccccc5c4)CC3)cc2)cc1. The highest BCUT2D eigenvalue weighted by Crippen LogP contribution is 2.24. The number of fused-ring (bicyclic) bond motifs is 1. The molecule has 4 aromatic rings. The first-order chi connectivity index (χ1) is 18.1. The van der Waals surface area contributed by atoms with Crippen molar-refractivity contribution in [2.45, 2.75) is 38.8 Å². The molecule has 190 valence electrons. The monoisotopic (exact) mass is 492 g/mol. The summed E-state index contributed by atoms with van der Waals surface area (Å²) in [5, 5.41) is 5.73. The molecule has 1 aliphatic heterocycles. The van der Waals surface area contributed by atoms with Gasteiger partial charge < -0.3 is 10.1 Å². The number of hydrogen-bond acceptors (Lipinski definition) is 3. The van der Waals surface area contributed by atoms with Crippen LogP contribution in [-0.2, 0) is 13.0 Å². The molecule has 4 heteroatoms. The highest BCUT2D eigenvalue weighted by Gasteiger charge is 2.20. The fourth-order valence-corrected chi connectivity index (χ4v) is 5.33. The molecular weight excluding hydrogens is 456 g/mol. The summed E-state index contributed by atoms with van der Waals surface area (Å²) in [7, 11) is 1.65. The maximum absolute atomic E-state index is 12.8. The van der Waals surface area contributed by atoms with E-state index in [4.69, 9.17) is 4.74 Å². The van der Waals surface area contributed by atoms with Crippen molar-refractivity contribution < 1.29 is 9.53 Å². The van der Waals surface area contributed by atoms with Gasteiger partial charge in [0.1, 0.15) is 5.75 Å². The Balaban J connectivity index is 1.09. The number of hydrogen-bond donors (Lipinski definition) is 1. The smallest absolute Gasteiger partial charge is 0.251 e. The lowest BCUT2D eigenvalue weighted by atomic mass is 9.89. The van der Waals surface area contributed by atoms with Gasteiger partial charge >= 0.3 is 0 Å². The Morgan fingerprint density at radius 3 is 2.27 bits per heavy atom. The van der Waals surface area contributed by atoms with Crippen LogP contribution in [0, 0.1) is 5.92 Å². The number of methoxy groups -OCH3 is 1. The van der Waals surface area contributed by atoms with Crippen LogP contribution in [0.2, 0.25) is 0 Å². The van der Waals surface area contributed by atoms with E-state index in [2.05, 4.69) is 64.8 Å². The molecule has 0 bridgehead atoms. The zero-order chi connectivity index (χ0) is 25.6. The highest BCUT2D eigenvalue weighted by atomic mass is 16.5. The van der Waals surface area contributed by atoms with E-state index in [1.54, 1.807) is 7.11 Å². The predicted octanol–water partition coefficient (Wildman–Crippen LogP) is 6.79. The molecule has 0 unspecified atom stereocenters. The van der Waals surface area contributed by atoms with Gasteiger partial charge in [0.05, 0.1) is 13.2 Å². The Bertz CT molecular complexity index is 1320. The number of amides is 1. The number of nitrogens with zero attached hydrogens (tertiary/aromatic N) is 1. The molecule has 1 fully saturated rings. The van der Waals surface area contributed by atoms with E-state index < -0.39 is 0 Å². The van der Waals surface area contributed by atoms with E-state index in [1.807, 2.05) is 43.3 Å². The van der Waals surface area contributed by atoms with Crippen LogP contribution in [-0.4, -0.2) is 31.0 Å². The van der Waals surface area contributed by atoms with Crippen molar-refractivity contribution in [1.82, 2.24) is 10.2 Å². The quantitative estimate of drug-likeness (QED) is 0.294. The van der Waals surface area contributed by atoms with Crippen molar-refractivity contribution in [3.05, 3.63) is 113 Å². The molecule has 1 aliphatic rings. The minimum atomic E-state index is -0.0714. The average Bonchev–Trinajstić information content (AvgIpc) is 2.94. The van der Waals surface area contributed by atoms with Crippen LogP contribution in [0.5, 0.6) is 5.75 Å². The number of carbonyl (C=O) groups is 1. The number of carbonyl (C=O) groups excluding carboxylic acids is 1. The molecule has 1 amide bonds. The summed E-state index contributed by atoms with van der Waals surface area (Å²) in [4.78, 5) is 15.4. The molecule has 1 saturated heterocycles. The normalized spacial score (nSPS) is 15.4. The maximum Gasteiger partial charge on any atom is 0.251 e. The number of piperidine rings is 1. The maximum atomic E-state index is 12.8. The van der Waals surface area contributed by atoms with Crippen LogP contribution in [0.3, 0.4) is 0 Å². The molecule has 0 aromatic heterocycles. The van der Waals surface area contributed by atoms with Gasteiger partial charge in [-0.2, -0.15) is 0 Å².